The molecular weight excluding hydrogens is 458 g/mol. The number of carbonyl (C=O) groups is 3. The number of aromatic hydroxyl groups is 1. The number of nitrogens with one attached hydrogen (secondary N) is 1. The number of imide groups is 1. The van der Waals surface area contributed by atoms with Crippen molar-refractivity contribution in [1.29, 1.82) is 0 Å². The number of hydrogen-bond donors (Lipinski definition) is 2. The standard InChI is InChI=1S/C25H22ClN3O5/c1-16-3-10-20(11-4-16)29(25(33)18-6-8-19(26)9-7-18)24(32)14-23(31)28-27-15-17-5-12-21(30)22(13-17)34-2/h3-13,15,30H,14H2,1-2H3,(H,28,31). The van der Waals surface area contributed by atoms with Crippen molar-refractivity contribution in [2.24, 2.45) is 5.10 Å². The molecule has 3 aromatic carbocycles. The van der Waals surface area contributed by atoms with Gasteiger partial charge >= 0.3 is 0 Å². The number of halogens is 1. The van der Waals surface area contributed by atoms with E-state index in [4.69, 9.17) is 16.3 Å². The van der Waals surface area contributed by atoms with E-state index in [0.29, 0.717) is 16.3 Å². The smallest absolute Gasteiger partial charge is 0.265 e. The lowest BCUT2D eigenvalue weighted by Crippen LogP contribution is -2.39. The minimum atomic E-state index is -0.720. The molecule has 0 aromatic heterocycles. The summed E-state index contributed by atoms with van der Waals surface area (Å²) < 4.78 is 5.02. The largest absolute Gasteiger partial charge is 0.504 e. The van der Waals surface area contributed by atoms with E-state index in [9.17, 15) is 19.5 Å². The van der Waals surface area contributed by atoms with Gasteiger partial charge in [-0.05, 0) is 67.1 Å². The molecule has 0 saturated heterocycles. The highest BCUT2D eigenvalue weighted by Gasteiger charge is 2.26. The average molecular weight is 480 g/mol. The van der Waals surface area contributed by atoms with E-state index in [1.165, 1.54) is 37.6 Å². The molecule has 0 heterocycles. The van der Waals surface area contributed by atoms with Crippen LogP contribution in [0.15, 0.2) is 71.8 Å². The van der Waals surface area contributed by atoms with Crippen LogP contribution < -0.4 is 15.1 Å². The van der Waals surface area contributed by atoms with E-state index in [0.717, 1.165) is 10.5 Å². The summed E-state index contributed by atoms with van der Waals surface area (Å²) in [6.45, 7) is 1.88. The van der Waals surface area contributed by atoms with Crippen LogP contribution in [0.2, 0.25) is 5.02 Å². The molecular formula is C25H22ClN3O5. The summed E-state index contributed by atoms with van der Waals surface area (Å²) in [5.41, 5.74) is 4.36. The Morgan fingerprint density at radius 1 is 1.06 bits per heavy atom. The number of carbonyl (C=O) groups excluding carboxylic acids is 3. The summed E-state index contributed by atoms with van der Waals surface area (Å²) >= 11 is 5.90. The second kappa shape index (κ2) is 11.1. The highest BCUT2D eigenvalue weighted by molar-refractivity contribution is 6.31. The van der Waals surface area contributed by atoms with Crippen molar-refractivity contribution in [2.45, 2.75) is 13.3 Å². The minimum absolute atomic E-state index is 0.0316. The monoisotopic (exact) mass is 479 g/mol. The summed E-state index contributed by atoms with van der Waals surface area (Å²) in [5.74, 6) is -1.79. The van der Waals surface area contributed by atoms with Crippen LogP contribution in [-0.2, 0) is 9.59 Å². The summed E-state index contributed by atoms with van der Waals surface area (Å²) in [7, 11) is 1.41. The molecule has 8 nitrogen and oxygen atoms in total. The maximum absolute atomic E-state index is 13.1. The van der Waals surface area contributed by atoms with Gasteiger partial charge in [-0.15, -0.1) is 0 Å². The molecule has 0 aliphatic carbocycles. The predicted octanol–water partition coefficient (Wildman–Crippen LogP) is 4.08. The number of hydrogen-bond acceptors (Lipinski definition) is 6. The molecule has 0 saturated carbocycles. The maximum atomic E-state index is 13.1. The molecule has 9 heteroatoms. The van der Waals surface area contributed by atoms with Crippen LogP contribution in [0.25, 0.3) is 0 Å². The Balaban J connectivity index is 1.74. The number of nitrogens with zero attached hydrogens (tertiary/aromatic N) is 2. The SMILES string of the molecule is COc1cc(C=NNC(=O)CC(=O)N(C(=O)c2ccc(Cl)cc2)c2ccc(C)cc2)ccc1O. The fraction of sp³-hybridized carbons (Fsp3) is 0.120. The molecule has 0 aliphatic rings. The van der Waals surface area contributed by atoms with Gasteiger partial charge in [0.1, 0.15) is 6.42 Å². The first-order valence-corrected chi connectivity index (χ1v) is 10.5. The van der Waals surface area contributed by atoms with E-state index in [1.807, 2.05) is 6.92 Å². The van der Waals surface area contributed by atoms with Crippen LogP contribution in [0.4, 0.5) is 5.69 Å². The Bertz CT molecular complexity index is 1220. The number of rotatable bonds is 7. The van der Waals surface area contributed by atoms with Crippen molar-refractivity contribution in [1.82, 2.24) is 5.43 Å². The van der Waals surface area contributed by atoms with Crippen LogP contribution in [-0.4, -0.2) is 36.2 Å². The van der Waals surface area contributed by atoms with Gasteiger partial charge in [0.2, 0.25) is 11.8 Å². The van der Waals surface area contributed by atoms with Gasteiger partial charge in [0.25, 0.3) is 5.91 Å². The van der Waals surface area contributed by atoms with Gasteiger partial charge in [0.05, 0.1) is 19.0 Å². The topological polar surface area (TPSA) is 108 Å². The highest BCUT2D eigenvalue weighted by Crippen LogP contribution is 2.25. The second-order valence-corrected chi connectivity index (χ2v) is 7.71. The zero-order valence-corrected chi connectivity index (χ0v) is 19.2. The lowest BCUT2D eigenvalue weighted by atomic mass is 10.1. The summed E-state index contributed by atoms with van der Waals surface area (Å²) in [4.78, 5) is 39.4. The van der Waals surface area contributed by atoms with Gasteiger partial charge < -0.3 is 9.84 Å². The Kier molecular flexibility index (Phi) is 8.00. The molecule has 3 aromatic rings. The van der Waals surface area contributed by atoms with Crippen LogP contribution in [0, 0.1) is 6.92 Å². The van der Waals surface area contributed by atoms with Crippen LogP contribution in [0.1, 0.15) is 27.9 Å². The molecule has 0 atom stereocenters. The van der Waals surface area contributed by atoms with Gasteiger partial charge in [-0.3, -0.25) is 14.4 Å². The summed E-state index contributed by atoms with van der Waals surface area (Å²) in [6, 6.07) is 17.4. The van der Waals surface area contributed by atoms with Crippen LogP contribution in [0.3, 0.4) is 0 Å². The molecule has 34 heavy (non-hydrogen) atoms. The van der Waals surface area contributed by atoms with Crippen LogP contribution in [0.5, 0.6) is 11.5 Å². The third-order valence-electron chi connectivity index (χ3n) is 4.75. The number of phenols is 1. The van der Waals surface area contributed by atoms with Crippen molar-refractivity contribution in [2.75, 3.05) is 12.0 Å². The number of phenolic OH excluding ortho intramolecular Hbond substituents is 1. The first kappa shape index (κ1) is 24.5. The van der Waals surface area contributed by atoms with Crippen LogP contribution >= 0.6 is 11.6 Å². The Morgan fingerprint density at radius 2 is 1.74 bits per heavy atom. The Hall–Kier alpha value is -4.17. The molecule has 0 spiro atoms. The van der Waals surface area contributed by atoms with Gasteiger partial charge in [0, 0.05) is 10.6 Å². The van der Waals surface area contributed by atoms with Gasteiger partial charge in [-0.1, -0.05) is 29.3 Å². The van der Waals surface area contributed by atoms with E-state index in [-0.39, 0.29) is 17.1 Å². The zero-order chi connectivity index (χ0) is 24.7. The summed E-state index contributed by atoms with van der Waals surface area (Å²) in [6.07, 6.45) is 0.727. The van der Waals surface area contributed by atoms with Crippen molar-refractivity contribution in [3.63, 3.8) is 0 Å². The molecule has 0 aliphatic heterocycles. The number of anilines is 1. The minimum Gasteiger partial charge on any atom is -0.504 e. The number of benzene rings is 3. The highest BCUT2D eigenvalue weighted by atomic mass is 35.5. The summed E-state index contributed by atoms with van der Waals surface area (Å²) in [5, 5.41) is 13.9. The number of amides is 3. The zero-order valence-electron chi connectivity index (χ0n) is 18.5. The third-order valence-corrected chi connectivity index (χ3v) is 5.01. The fourth-order valence-corrected chi connectivity index (χ4v) is 3.13. The van der Waals surface area contributed by atoms with Crippen molar-refractivity contribution < 1.29 is 24.2 Å². The maximum Gasteiger partial charge on any atom is 0.265 e. The number of hydrazone groups is 1. The molecule has 0 fully saturated rings. The molecule has 2 N–H and O–H groups in total. The molecule has 0 bridgehead atoms. The van der Waals surface area contributed by atoms with E-state index in [1.54, 1.807) is 42.5 Å². The fourth-order valence-electron chi connectivity index (χ4n) is 3.00. The Morgan fingerprint density at radius 3 is 2.38 bits per heavy atom. The third kappa shape index (κ3) is 6.20. The van der Waals surface area contributed by atoms with Gasteiger partial charge in [0.15, 0.2) is 11.5 Å². The number of methoxy groups -OCH3 is 1. The second-order valence-electron chi connectivity index (χ2n) is 7.28. The molecule has 0 radical (unpaired) electrons. The number of aryl methyl sites for hydroxylation is 1. The van der Waals surface area contributed by atoms with Crippen molar-refractivity contribution in [3.8, 4) is 11.5 Å². The quantitative estimate of drug-likeness (QED) is 0.301. The van der Waals surface area contributed by atoms with E-state index in [2.05, 4.69) is 10.5 Å². The molecule has 0 unspecified atom stereocenters. The molecule has 3 amide bonds. The predicted molar refractivity (Wildman–Crippen MR) is 129 cm³/mol. The molecule has 174 valence electrons. The van der Waals surface area contributed by atoms with Gasteiger partial charge in [-0.25, -0.2) is 10.3 Å². The van der Waals surface area contributed by atoms with E-state index < -0.39 is 24.1 Å². The molecule has 3 rings (SSSR count). The van der Waals surface area contributed by atoms with E-state index >= 15 is 0 Å². The Labute approximate surface area is 201 Å². The number of ether oxygens (including phenoxy) is 1. The normalized spacial score (nSPS) is 10.7. The first-order valence-electron chi connectivity index (χ1n) is 10.2. The first-order chi connectivity index (χ1) is 16.3. The van der Waals surface area contributed by atoms with Gasteiger partial charge in [-0.2, -0.15) is 5.10 Å². The lowest BCUT2D eigenvalue weighted by molar-refractivity contribution is -0.127. The average Bonchev–Trinajstić information content (AvgIpc) is 2.82. The lowest BCUT2D eigenvalue weighted by Gasteiger charge is -2.21. The van der Waals surface area contributed by atoms with Crippen molar-refractivity contribution >= 4 is 41.2 Å². The van der Waals surface area contributed by atoms with Crippen molar-refractivity contribution in [3.05, 3.63) is 88.4 Å².